The number of aromatic nitrogens is 4. The quantitative estimate of drug-likeness (QED) is 0.190. The van der Waals surface area contributed by atoms with E-state index in [2.05, 4.69) is 51.5 Å². The summed E-state index contributed by atoms with van der Waals surface area (Å²) in [6.45, 7) is 16.1. The maximum absolute atomic E-state index is 13.3. The predicted molar refractivity (Wildman–Crippen MR) is 174 cm³/mol. The van der Waals surface area contributed by atoms with Crippen molar-refractivity contribution < 1.29 is 18.8 Å². The van der Waals surface area contributed by atoms with Gasteiger partial charge in [-0.25, -0.2) is 14.8 Å². The van der Waals surface area contributed by atoms with Crippen LogP contribution in [0.25, 0.3) is 22.2 Å². The molecular weight excluding hydrogens is 578 g/mol. The lowest BCUT2D eigenvalue weighted by Gasteiger charge is -2.25. The highest BCUT2D eigenvalue weighted by molar-refractivity contribution is 7.16. The zero-order valence-electron chi connectivity index (χ0n) is 27.1. The van der Waals surface area contributed by atoms with Gasteiger partial charge in [0.05, 0.1) is 5.69 Å². The molecule has 1 aromatic carbocycles. The molecule has 4 aromatic rings. The van der Waals surface area contributed by atoms with Crippen LogP contribution >= 0.6 is 11.3 Å². The van der Waals surface area contributed by atoms with E-state index in [4.69, 9.17) is 9.26 Å². The summed E-state index contributed by atoms with van der Waals surface area (Å²) in [5.74, 6) is 1.47. The molecule has 44 heavy (non-hydrogen) atoms. The molecule has 236 valence electrons. The lowest BCUT2D eigenvalue weighted by atomic mass is 9.94. The van der Waals surface area contributed by atoms with Gasteiger partial charge in [-0.15, -0.1) is 11.3 Å². The lowest BCUT2D eigenvalue weighted by molar-refractivity contribution is -0.116. The van der Waals surface area contributed by atoms with E-state index >= 15 is 0 Å². The number of benzene rings is 1. The Balaban J connectivity index is 1.54. The average Bonchev–Trinajstić information content (AvgIpc) is 3.52. The Morgan fingerprint density at radius 1 is 1.09 bits per heavy atom. The fourth-order valence-corrected chi connectivity index (χ4v) is 5.84. The van der Waals surface area contributed by atoms with Crippen LogP contribution in [0.2, 0.25) is 0 Å². The van der Waals surface area contributed by atoms with Crippen LogP contribution < -0.4 is 10.6 Å². The van der Waals surface area contributed by atoms with Gasteiger partial charge in [-0.3, -0.25) is 4.79 Å². The third-order valence-electron chi connectivity index (χ3n) is 6.80. The number of pyridine rings is 1. The number of ether oxygens (including phenoxy) is 1. The van der Waals surface area contributed by atoms with Crippen LogP contribution in [0.3, 0.4) is 0 Å². The SMILES string of the molecule is Cc1nc(-c2ccc3ccnc(N[C@@H](CCCN(C)C(=O)OC(C)(C)C)CC(=O)Nc4nc(C)c(C(C)(C)C)s4)c3c2)no1. The number of carbonyl (C=O) groups is 2. The molecule has 0 bridgehead atoms. The molecule has 0 saturated carbocycles. The predicted octanol–water partition coefficient (Wildman–Crippen LogP) is 7.11. The van der Waals surface area contributed by atoms with Gasteiger partial charge in [-0.05, 0) is 63.5 Å². The molecule has 12 heteroatoms. The molecule has 2 amide bonds. The molecule has 0 aliphatic heterocycles. The van der Waals surface area contributed by atoms with Crippen molar-refractivity contribution in [2.45, 2.75) is 91.7 Å². The molecule has 11 nitrogen and oxygen atoms in total. The van der Waals surface area contributed by atoms with E-state index < -0.39 is 5.60 Å². The van der Waals surface area contributed by atoms with Crippen molar-refractivity contribution in [1.29, 1.82) is 0 Å². The molecular formula is C32H43N7O4S. The molecule has 0 spiro atoms. The maximum atomic E-state index is 13.3. The van der Waals surface area contributed by atoms with E-state index in [0.717, 1.165) is 26.9 Å². The summed E-state index contributed by atoms with van der Waals surface area (Å²) in [6, 6.07) is 7.54. The molecule has 0 fully saturated rings. The number of fused-ring (bicyclic) bond motifs is 1. The van der Waals surface area contributed by atoms with Crippen LogP contribution in [-0.2, 0) is 14.9 Å². The van der Waals surface area contributed by atoms with Gasteiger partial charge in [0.1, 0.15) is 11.4 Å². The highest BCUT2D eigenvalue weighted by atomic mass is 32.1. The van der Waals surface area contributed by atoms with Crippen molar-refractivity contribution in [3.63, 3.8) is 0 Å². The molecule has 1 atom stereocenters. The number of amides is 2. The van der Waals surface area contributed by atoms with E-state index in [-0.39, 0.29) is 29.9 Å². The van der Waals surface area contributed by atoms with Crippen molar-refractivity contribution in [3.05, 3.63) is 46.9 Å². The van der Waals surface area contributed by atoms with Gasteiger partial charge in [-0.2, -0.15) is 4.98 Å². The third-order valence-corrected chi connectivity index (χ3v) is 8.30. The number of hydrogen-bond donors (Lipinski definition) is 2. The van der Waals surface area contributed by atoms with Gasteiger partial charge in [0, 0.05) is 55.0 Å². The van der Waals surface area contributed by atoms with Gasteiger partial charge in [0.25, 0.3) is 0 Å². The van der Waals surface area contributed by atoms with Gasteiger partial charge < -0.3 is 24.8 Å². The van der Waals surface area contributed by atoms with E-state index in [1.165, 1.54) is 11.3 Å². The highest BCUT2D eigenvalue weighted by Crippen LogP contribution is 2.34. The summed E-state index contributed by atoms with van der Waals surface area (Å²) in [5.41, 5.74) is 1.08. The maximum Gasteiger partial charge on any atom is 0.410 e. The first-order chi connectivity index (χ1) is 20.6. The number of carbonyl (C=O) groups excluding carboxylic acids is 2. The molecule has 4 rings (SSSR count). The van der Waals surface area contributed by atoms with E-state index in [9.17, 15) is 9.59 Å². The summed E-state index contributed by atoms with van der Waals surface area (Å²) in [5, 5.41) is 13.0. The van der Waals surface area contributed by atoms with Crippen molar-refractivity contribution in [2.24, 2.45) is 0 Å². The number of rotatable bonds is 10. The number of hydrogen-bond acceptors (Lipinski definition) is 10. The van der Waals surface area contributed by atoms with Crippen LogP contribution in [0, 0.1) is 13.8 Å². The zero-order valence-corrected chi connectivity index (χ0v) is 27.9. The molecule has 0 aliphatic rings. The Bertz CT molecular complexity index is 1620. The first kappa shape index (κ1) is 32.8. The summed E-state index contributed by atoms with van der Waals surface area (Å²) in [4.78, 5) is 42.1. The van der Waals surface area contributed by atoms with E-state index in [0.29, 0.717) is 42.1 Å². The second-order valence-electron chi connectivity index (χ2n) is 13.1. The smallest absolute Gasteiger partial charge is 0.410 e. The largest absolute Gasteiger partial charge is 0.444 e. The molecule has 3 heterocycles. The first-order valence-corrected chi connectivity index (χ1v) is 15.6. The molecule has 0 saturated heterocycles. The summed E-state index contributed by atoms with van der Waals surface area (Å²) in [6.07, 6.45) is 2.79. The highest BCUT2D eigenvalue weighted by Gasteiger charge is 2.24. The number of aryl methyl sites for hydroxylation is 2. The Hall–Kier alpha value is -4.06. The topological polar surface area (TPSA) is 135 Å². The monoisotopic (exact) mass is 621 g/mol. The number of anilines is 2. The Labute approximate surface area is 262 Å². The molecule has 2 N–H and O–H groups in total. The average molecular weight is 622 g/mol. The minimum atomic E-state index is -0.576. The van der Waals surface area contributed by atoms with Crippen molar-refractivity contribution in [1.82, 2.24) is 25.0 Å². The van der Waals surface area contributed by atoms with Crippen molar-refractivity contribution in [3.8, 4) is 11.4 Å². The summed E-state index contributed by atoms with van der Waals surface area (Å²) < 4.78 is 10.7. The molecule has 0 unspecified atom stereocenters. The number of nitrogens with zero attached hydrogens (tertiary/aromatic N) is 5. The Kier molecular flexibility index (Phi) is 9.92. The third kappa shape index (κ3) is 8.75. The Morgan fingerprint density at radius 2 is 1.84 bits per heavy atom. The van der Waals surface area contributed by atoms with Crippen LogP contribution in [0.1, 0.15) is 77.3 Å². The zero-order chi connectivity index (χ0) is 32.2. The fraction of sp³-hybridized carbons (Fsp3) is 0.500. The number of nitrogens with one attached hydrogen (secondary N) is 2. The van der Waals surface area contributed by atoms with Crippen molar-refractivity contribution in [2.75, 3.05) is 24.2 Å². The summed E-state index contributed by atoms with van der Waals surface area (Å²) >= 11 is 1.50. The normalized spacial score (nSPS) is 12.7. The van der Waals surface area contributed by atoms with E-state index in [1.54, 1.807) is 25.1 Å². The van der Waals surface area contributed by atoms with Crippen molar-refractivity contribution >= 4 is 45.1 Å². The fourth-order valence-electron chi connectivity index (χ4n) is 4.80. The first-order valence-electron chi connectivity index (χ1n) is 14.8. The van der Waals surface area contributed by atoms with Gasteiger partial charge in [-0.1, -0.05) is 38.1 Å². The van der Waals surface area contributed by atoms with Gasteiger partial charge in [0.2, 0.25) is 17.6 Å². The summed E-state index contributed by atoms with van der Waals surface area (Å²) in [7, 11) is 1.72. The molecule has 0 aliphatic carbocycles. The van der Waals surface area contributed by atoms with Crippen LogP contribution in [0.15, 0.2) is 35.0 Å². The second-order valence-corrected chi connectivity index (χ2v) is 14.1. The second kappa shape index (κ2) is 13.3. The lowest BCUT2D eigenvalue weighted by Crippen LogP contribution is -2.35. The van der Waals surface area contributed by atoms with Gasteiger partial charge >= 0.3 is 6.09 Å². The van der Waals surface area contributed by atoms with E-state index in [1.807, 2.05) is 52.0 Å². The minimum Gasteiger partial charge on any atom is -0.444 e. The molecule has 3 aromatic heterocycles. The molecule has 0 radical (unpaired) electrons. The van der Waals surface area contributed by atoms with Gasteiger partial charge in [0.15, 0.2) is 5.13 Å². The Morgan fingerprint density at radius 3 is 2.48 bits per heavy atom. The minimum absolute atomic E-state index is 0.0614. The van der Waals surface area contributed by atoms with Crippen LogP contribution in [-0.4, -0.2) is 62.2 Å². The number of thiazole rings is 1. The standard InChI is InChI=1S/C32H43N7O4S/c1-19-26(31(3,4)5)44-29(34-19)37-25(40)18-23(11-10-16-39(9)30(41)42-32(6,7)8)36-28-24-17-22(27-35-20(2)43-38-27)13-12-21(24)14-15-33-28/h12-15,17,23H,10-11,16,18H2,1-9H3,(H,33,36)(H,34,37,40)/t23-/m0/s1. The van der Waals surface area contributed by atoms with Crippen LogP contribution in [0.4, 0.5) is 15.7 Å². The van der Waals surface area contributed by atoms with Crippen LogP contribution in [0.5, 0.6) is 0 Å².